The van der Waals surface area contributed by atoms with Crippen LogP contribution in [0.25, 0.3) is 0 Å². The van der Waals surface area contributed by atoms with Crippen molar-refractivity contribution in [1.82, 2.24) is 9.88 Å². The summed E-state index contributed by atoms with van der Waals surface area (Å²) >= 11 is 0. The standard InChI is InChI=1S/C19H24F2N2O3/c20-19(21)9-14(10-19)17(24)23-12-18(13-23)15(5-8-26-18)4-7-25-11-16-3-1-2-6-22-16/h1-3,6,14-15H,4-5,7-13H2. The summed E-state index contributed by atoms with van der Waals surface area (Å²) < 4.78 is 37.6. The van der Waals surface area contributed by atoms with Gasteiger partial charge in [-0.1, -0.05) is 6.07 Å². The first-order valence-corrected chi connectivity index (χ1v) is 9.26. The van der Waals surface area contributed by atoms with Gasteiger partial charge in [0.25, 0.3) is 0 Å². The molecule has 5 nitrogen and oxygen atoms in total. The Kier molecular flexibility index (Phi) is 4.69. The molecule has 3 heterocycles. The summed E-state index contributed by atoms with van der Waals surface area (Å²) in [5.74, 6) is -2.95. The molecule has 1 aliphatic carbocycles. The Morgan fingerprint density at radius 2 is 2.15 bits per heavy atom. The second-order valence-corrected chi connectivity index (χ2v) is 7.72. The van der Waals surface area contributed by atoms with Crippen molar-refractivity contribution >= 4 is 5.91 Å². The van der Waals surface area contributed by atoms with Crippen LogP contribution in [0.3, 0.4) is 0 Å². The fourth-order valence-electron chi connectivity index (χ4n) is 4.28. The highest BCUT2D eigenvalue weighted by atomic mass is 19.3. The molecule has 1 unspecified atom stereocenters. The van der Waals surface area contributed by atoms with Crippen LogP contribution in [0.4, 0.5) is 8.78 Å². The molecular formula is C19H24F2N2O3. The lowest BCUT2D eigenvalue weighted by molar-refractivity contribution is -0.185. The fourth-order valence-corrected chi connectivity index (χ4v) is 4.28. The van der Waals surface area contributed by atoms with E-state index < -0.39 is 11.8 Å². The van der Waals surface area contributed by atoms with Crippen molar-refractivity contribution in [1.29, 1.82) is 0 Å². The second-order valence-electron chi connectivity index (χ2n) is 7.72. The van der Waals surface area contributed by atoms with E-state index in [1.165, 1.54) is 0 Å². The van der Waals surface area contributed by atoms with Gasteiger partial charge >= 0.3 is 0 Å². The van der Waals surface area contributed by atoms with Crippen LogP contribution in [0.5, 0.6) is 0 Å². The maximum atomic E-state index is 13.0. The Balaban J connectivity index is 1.21. The summed E-state index contributed by atoms with van der Waals surface area (Å²) in [6.45, 7) is 2.85. The number of carbonyl (C=O) groups is 1. The lowest BCUT2D eigenvalue weighted by atomic mass is 9.75. The van der Waals surface area contributed by atoms with E-state index in [0.717, 1.165) is 18.5 Å². The first-order valence-electron chi connectivity index (χ1n) is 9.26. The van der Waals surface area contributed by atoms with Crippen LogP contribution in [-0.2, 0) is 20.9 Å². The van der Waals surface area contributed by atoms with E-state index in [0.29, 0.717) is 38.8 Å². The van der Waals surface area contributed by atoms with Gasteiger partial charge in [-0.15, -0.1) is 0 Å². The fraction of sp³-hybridized carbons (Fsp3) is 0.684. The van der Waals surface area contributed by atoms with Crippen molar-refractivity contribution < 1.29 is 23.0 Å². The molecule has 1 saturated carbocycles. The molecule has 0 aromatic carbocycles. The highest BCUT2D eigenvalue weighted by Crippen LogP contribution is 2.47. The molecule has 1 aromatic heterocycles. The number of aromatic nitrogens is 1. The average molecular weight is 366 g/mol. The maximum Gasteiger partial charge on any atom is 0.249 e. The van der Waals surface area contributed by atoms with E-state index in [1.54, 1.807) is 11.1 Å². The summed E-state index contributed by atoms with van der Waals surface area (Å²) in [6, 6.07) is 5.74. The Morgan fingerprint density at radius 1 is 1.35 bits per heavy atom. The Morgan fingerprint density at radius 3 is 2.85 bits per heavy atom. The van der Waals surface area contributed by atoms with Crippen molar-refractivity contribution in [3.05, 3.63) is 30.1 Å². The van der Waals surface area contributed by atoms with Crippen LogP contribution in [0.2, 0.25) is 0 Å². The predicted molar refractivity (Wildman–Crippen MR) is 89.6 cm³/mol. The van der Waals surface area contributed by atoms with E-state index in [4.69, 9.17) is 9.47 Å². The first kappa shape index (κ1) is 17.8. The molecule has 1 spiro atoms. The van der Waals surface area contributed by atoms with E-state index in [-0.39, 0.29) is 24.3 Å². The van der Waals surface area contributed by atoms with Crippen molar-refractivity contribution in [2.75, 3.05) is 26.3 Å². The number of pyridine rings is 1. The third-order valence-corrected chi connectivity index (χ3v) is 5.85. The van der Waals surface area contributed by atoms with Gasteiger partial charge in [-0.25, -0.2) is 8.78 Å². The van der Waals surface area contributed by atoms with Gasteiger partial charge in [0.15, 0.2) is 0 Å². The number of hydrogen-bond acceptors (Lipinski definition) is 4. The van der Waals surface area contributed by atoms with Crippen molar-refractivity contribution in [2.45, 2.75) is 43.8 Å². The molecule has 142 valence electrons. The molecule has 2 aliphatic heterocycles. The summed E-state index contributed by atoms with van der Waals surface area (Å²) in [5.41, 5.74) is 0.610. The molecule has 0 radical (unpaired) electrons. The highest BCUT2D eigenvalue weighted by molar-refractivity contribution is 5.81. The van der Waals surface area contributed by atoms with Crippen LogP contribution < -0.4 is 0 Å². The minimum Gasteiger partial charge on any atom is -0.375 e. The van der Waals surface area contributed by atoms with Gasteiger partial charge in [-0.3, -0.25) is 9.78 Å². The van der Waals surface area contributed by atoms with Gasteiger partial charge in [0.2, 0.25) is 11.8 Å². The number of likely N-dealkylation sites (tertiary alicyclic amines) is 1. The number of halogens is 2. The zero-order chi connectivity index (χ0) is 18.2. The third kappa shape index (κ3) is 3.47. The molecular weight excluding hydrogens is 342 g/mol. The Bertz CT molecular complexity index is 641. The van der Waals surface area contributed by atoms with Gasteiger partial charge in [0.1, 0.15) is 5.60 Å². The highest BCUT2D eigenvalue weighted by Gasteiger charge is 2.57. The number of carbonyl (C=O) groups excluding carboxylic acids is 1. The minimum absolute atomic E-state index is 0.137. The van der Waals surface area contributed by atoms with E-state index in [1.807, 2.05) is 18.2 Å². The summed E-state index contributed by atoms with van der Waals surface area (Å²) in [4.78, 5) is 18.2. The van der Waals surface area contributed by atoms with Gasteiger partial charge in [-0.2, -0.15) is 0 Å². The largest absolute Gasteiger partial charge is 0.375 e. The first-order chi connectivity index (χ1) is 12.5. The van der Waals surface area contributed by atoms with Crippen LogP contribution >= 0.6 is 0 Å². The van der Waals surface area contributed by atoms with E-state index in [9.17, 15) is 13.6 Å². The summed E-state index contributed by atoms with van der Waals surface area (Å²) in [7, 11) is 0. The molecule has 0 bridgehead atoms. The topological polar surface area (TPSA) is 51.7 Å². The molecule has 0 N–H and O–H groups in total. The molecule has 4 rings (SSSR count). The third-order valence-electron chi connectivity index (χ3n) is 5.85. The van der Waals surface area contributed by atoms with Crippen LogP contribution in [-0.4, -0.2) is 53.6 Å². The van der Waals surface area contributed by atoms with Crippen LogP contribution in [0, 0.1) is 11.8 Å². The predicted octanol–water partition coefficient (Wildman–Crippen LogP) is 2.65. The normalized spacial score (nSPS) is 26.5. The molecule has 26 heavy (non-hydrogen) atoms. The van der Waals surface area contributed by atoms with E-state index >= 15 is 0 Å². The zero-order valence-corrected chi connectivity index (χ0v) is 14.7. The zero-order valence-electron chi connectivity index (χ0n) is 14.7. The Hall–Kier alpha value is -1.60. The summed E-state index contributed by atoms with van der Waals surface area (Å²) in [6.07, 6.45) is 2.96. The van der Waals surface area contributed by atoms with Crippen LogP contribution in [0.15, 0.2) is 24.4 Å². The lowest BCUT2D eigenvalue weighted by Gasteiger charge is -2.52. The smallest absolute Gasteiger partial charge is 0.249 e. The lowest BCUT2D eigenvalue weighted by Crippen LogP contribution is -2.67. The molecule has 3 fully saturated rings. The van der Waals surface area contributed by atoms with Gasteiger partial charge in [0, 0.05) is 38.2 Å². The SMILES string of the molecule is O=C(C1CC(F)(F)C1)N1CC2(C1)OCCC2CCOCc1ccccn1. The minimum atomic E-state index is -2.65. The van der Waals surface area contributed by atoms with Gasteiger partial charge < -0.3 is 14.4 Å². The van der Waals surface area contributed by atoms with Crippen molar-refractivity contribution in [2.24, 2.45) is 11.8 Å². The van der Waals surface area contributed by atoms with Crippen molar-refractivity contribution in [3.8, 4) is 0 Å². The number of amides is 1. The number of hydrogen-bond donors (Lipinski definition) is 0. The monoisotopic (exact) mass is 366 g/mol. The Labute approximate surface area is 151 Å². The van der Waals surface area contributed by atoms with Gasteiger partial charge in [-0.05, 0) is 30.9 Å². The van der Waals surface area contributed by atoms with Crippen LogP contribution in [0.1, 0.15) is 31.4 Å². The molecule has 1 aromatic rings. The van der Waals surface area contributed by atoms with E-state index in [2.05, 4.69) is 4.98 Å². The number of ether oxygens (including phenoxy) is 2. The van der Waals surface area contributed by atoms with Gasteiger partial charge in [0.05, 0.1) is 25.4 Å². The number of rotatable bonds is 6. The quantitative estimate of drug-likeness (QED) is 0.727. The number of alkyl halides is 2. The second kappa shape index (κ2) is 6.85. The number of nitrogens with zero attached hydrogens (tertiary/aromatic N) is 2. The molecule has 7 heteroatoms. The molecule has 1 atom stereocenters. The average Bonchev–Trinajstić information content (AvgIpc) is 2.99. The molecule has 3 aliphatic rings. The summed E-state index contributed by atoms with van der Waals surface area (Å²) in [5, 5.41) is 0. The maximum absolute atomic E-state index is 13.0. The molecule has 1 amide bonds. The molecule has 2 saturated heterocycles. The van der Waals surface area contributed by atoms with Crippen molar-refractivity contribution in [3.63, 3.8) is 0 Å².